The lowest BCUT2D eigenvalue weighted by Crippen LogP contribution is -2.09. The topological polar surface area (TPSA) is 32.5 Å². The summed E-state index contributed by atoms with van der Waals surface area (Å²) in [5.41, 5.74) is 15.6. The van der Waals surface area contributed by atoms with Crippen LogP contribution < -0.4 is 9.80 Å². The van der Waals surface area contributed by atoms with Gasteiger partial charge in [-0.2, -0.15) is 0 Å². The van der Waals surface area contributed by atoms with Crippen LogP contribution in [0, 0.1) is 0 Å². The zero-order chi connectivity index (χ0) is 39.4. The van der Waals surface area contributed by atoms with E-state index in [1.54, 1.807) is 0 Å². The van der Waals surface area contributed by atoms with Crippen molar-refractivity contribution >= 4 is 45.2 Å². The molecule has 0 unspecified atom stereocenters. The monoisotopic (exact) mass is 757 g/mol. The zero-order valence-corrected chi connectivity index (χ0v) is 32.3. The molecule has 1 aromatic heterocycles. The highest BCUT2D eigenvalue weighted by molar-refractivity contribution is 5.86. The Bertz CT molecular complexity index is 2730. The van der Waals surface area contributed by atoms with Crippen LogP contribution in [0.4, 0.5) is 34.1 Å². The first-order chi connectivity index (χ1) is 29.2. The molecule has 1 heterocycles. The van der Waals surface area contributed by atoms with E-state index >= 15 is 0 Å². The molecule has 0 aliphatic carbocycles. The van der Waals surface area contributed by atoms with Gasteiger partial charge in [0.15, 0.2) is 5.58 Å². The van der Waals surface area contributed by atoms with Crippen LogP contribution in [0.25, 0.3) is 55.9 Å². The molecule has 280 valence electrons. The molecule has 4 nitrogen and oxygen atoms in total. The second-order valence-corrected chi connectivity index (χ2v) is 14.5. The van der Waals surface area contributed by atoms with Crippen LogP contribution in [0.15, 0.2) is 241 Å². The summed E-state index contributed by atoms with van der Waals surface area (Å²) in [6.45, 7) is 0. The SMILES string of the molecule is c1ccc(-c2ccc3nc(-c4cc(-c5ccc(N(c6ccccc6)c6ccccc6)cc5)cc(-c5ccc(N(c6ccccc6)c6ccccc6)cc5)c4)oc3c2)cc1. The van der Waals surface area contributed by atoms with E-state index in [9.17, 15) is 0 Å². The number of nitrogens with zero attached hydrogens (tertiary/aromatic N) is 3. The number of fused-ring (bicyclic) bond motifs is 1. The molecule has 0 fully saturated rings. The quantitative estimate of drug-likeness (QED) is 0.139. The first-order valence-corrected chi connectivity index (χ1v) is 19.9. The average Bonchev–Trinajstić information content (AvgIpc) is 3.75. The van der Waals surface area contributed by atoms with Crippen LogP contribution in [0.2, 0.25) is 0 Å². The maximum atomic E-state index is 6.57. The minimum Gasteiger partial charge on any atom is -0.436 e. The third kappa shape index (κ3) is 7.39. The van der Waals surface area contributed by atoms with Gasteiger partial charge >= 0.3 is 0 Å². The Kier molecular flexibility index (Phi) is 9.55. The Morgan fingerprint density at radius 3 is 1.03 bits per heavy atom. The molecule has 0 aliphatic rings. The van der Waals surface area contributed by atoms with Crippen molar-refractivity contribution in [2.45, 2.75) is 0 Å². The van der Waals surface area contributed by atoms with Crippen LogP contribution in [-0.2, 0) is 0 Å². The van der Waals surface area contributed by atoms with Gasteiger partial charge in [0.2, 0.25) is 5.89 Å². The van der Waals surface area contributed by atoms with Crippen molar-refractivity contribution in [3.05, 3.63) is 237 Å². The fourth-order valence-electron chi connectivity index (χ4n) is 7.75. The maximum absolute atomic E-state index is 6.57. The molecule has 4 heteroatoms. The van der Waals surface area contributed by atoms with Crippen LogP contribution in [0.5, 0.6) is 0 Å². The maximum Gasteiger partial charge on any atom is 0.227 e. The highest BCUT2D eigenvalue weighted by Crippen LogP contribution is 2.40. The van der Waals surface area contributed by atoms with Gasteiger partial charge in [-0.1, -0.05) is 133 Å². The predicted molar refractivity (Wildman–Crippen MR) is 245 cm³/mol. The van der Waals surface area contributed by atoms with Crippen LogP contribution >= 0.6 is 0 Å². The molecule has 59 heavy (non-hydrogen) atoms. The van der Waals surface area contributed by atoms with Gasteiger partial charge in [0.1, 0.15) is 5.52 Å². The first kappa shape index (κ1) is 35.5. The third-order valence-corrected chi connectivity index (χ3v) is 10.7. The summed E-state index contributed by atoms with van der Waals surface area (Å²) >= 11 is 0. The third-order valence-electron chi connectivity index (χ3n) is 10.7. The molecule has 0 aliphatic heterocycles. The number of aromatic nitrogens is 1. The fraction of sp³-hybridized carbons (Fsp3) is 0. The predicted octanol–water partition coefficient (Wildman–Crippen LogP) is 15.4. The summed E-state index contributed by atoms with van der Waals surface area (Å²) in [7, 11) is 0. The van der Waals surface area contributed by atoms with Gasteiger partial charge in [-0.25, -0.2) is 4.98 Å². The molecule has 0 saturated heterocycles. The number of hydrogen-bond donors (Lipinski definition) is 0. The van der Waals surface area contributed by atoms with Crippen LogP contribution in [0.3, 0.4) is 0 Å². The average molecular weight is 758 g/mol. The fourth-order valence-corrected chi connectivity index (χ4v) is 7.75. The van der Waals surface area contributed by atoms with Gasteiger partial charge in [0, 0.05) is 39.7 Å². The molecule has 0 bridgehead atoms. The van der Waals surface area contributed by atoms with Crippen LogP contribution in [-0.4, -0.2) is 4.98 Å². The molecule has 0 spiro atoms. The Morgan fingerprint density at radius 2 is 0.610 bits per heavy atom. The second kappa shape index (κ2) is 15.9. The van der Waals surface area contributed by atoms with Gasteiger partial charge < -0.3 is 14.2 Å². The summed E-state index contributed by atoms with van der Waals surface area (Å²) < 4.78 is 6.57. The molecule has 0 atom stereocenters. The van der Waals surface area contributed by atoms with E-state index in [0.29, 0.717) is 5.89 Å². The van der Waals surface area contributed by atoms with Crippen molar-refractivity contribution in [3.8, 4) is 44.8 Å². The van der Waals surface area contributed by atoms with E-state index in [2.05, 4.69) is 234 Å². The van der Waals surface area contributed by atoms with E-state index in [4.69, 9.17) is 9.40 Å². The van der Waals surface area contributed by atoms with Crippen molar-refractivity contribution in [2.75, 3.05) is 9.80 Å². The van der Waals surface area contributed by atoms with Gasteiger partial charge in [0.25, 0.3) is 0 Å². The lowest BCUT2D eigenvalue weighted by Gasteiger charge is -2.25. The van der Waals surface area contributed by atoms with Crippen molar-refractivity contribution in [2.24, 2.45) is 0 Å². The van der Waals surface area contributed by atoms with E-state index in [0.717, 1.165) is 84.2 Å². The summed E-state index contributed by atoms with van der Waals surface area (Å²) in [4.78, 5) is 9.58. The number of benzene rings is 9. The highest BCUT2D eigenvalue weighted by Gasteiger charge is 2.17. The molecule has 0 radical (unpaired) electrons. The first-order valence-electron chi connectivity index (χ1n) is 19.9. The van der Waals surface area contributed by atoms with E-state index in [1.165, 1.54) is 0 Å². The molecule has 10 aromatic rings. The number of rotatable bonds is 10. The normalized spacial score (nSPS) is 11.1. The molecule has 0 amide bonds. The van der Waals surface area contributed by atoms with Crippen molar-refractivity contribution in [1.82, 2.24) is 4.98 Å². The lowest BCUT2D eigenvalue weighted by atomic mass is 9.95. The van der Waals surface area contributed by atoms with Gasteiger partial charge in [-0.3, -0.25) is 0 Å². The largest absolute Gasteiger partial charge is 0.436 e. The number of anilines is 6. The smallest absolute Gasteiger partial charge is 0.227 e. The van der Waals surface area contributed by atoms with E-state index in [1.807, 2.05) is 12.1 Å². The molecular formula is C55H39N3O. The Balaban J connectivity index is 1.06. The minimum atomic E-state index is 0.584. The van der Waals surface area contributed by atoms with Crippen molar-refractivity contribution in [1.29, 1.82) is 0 Å². The number of oxazole rings is 1. The van der Waals surface area contributed by atoms with E-state index in [-0.39, 0.29) is 0 Å². The Hall–Kier alpha value is -7.95. The number of para-hydroxylation sites is 4. The summed E-state index contributed by atoms with van der Waals surface area (Å²) in [5.74, 6) is 0.584. The van der Waals surface area contributed by atoms with Gasteiger partial charge in [-0.05, 0) is 137 Å². The summed E-state index contributed by atoms with van der Waals surface area (Å²) in [6, 6.07) is 82.8. The Labute approximate surface area is 344 Å². The highest BCUT2D eigenvalue weighted by atomic mass is 16.3. The minimum absolute atomic E-state index is 0.584. The Morgan fingerprint density at radius 1 is 0.271 bits per heavy atom. The van der Waals surface area contributed by atoms with Gasteiger partial charge in [-0.15, -0.1) is 0 Å². The zero-order valence-electron chi connectivity index (χ0n) is 32.3. The molecule has 0 N–H and O–H groups in total. The molecular weight excluding hydrogens is 719 g/mol. The second-order valence-electron chi connectivity index (χ2n) is 14.5. The number of hydrogen-bond acceptors (Lipinski definition) is 4. The lowest BCUT2D eigenvalue weighted by molar-refractivity contribution is 0.620. The van der Waals surface area contributed by atoms with Gasteiger partial charge in [0.05, 0.1) is 0 Å². The van der Waals surface area contributed by atoms with Crippen LogP contribution in [0.1, 0.15) is 0 Å². The molecule has 0 saturated carbocycles. The summed E-state index contributed by atoms with van der Waals surface area (Å²) in [6.07, 6.45) is 0. The van der Waals surface area contributed by atoms with Crippen molar-refractivity contribution < 1.29 is 4.42 Å². The standard InChI is InChI=1S/C55H39N3O/c1-6-16-40(17-7-1)43-30-35-53-54(39-43)59-55(56-53)46-37-44(41-26-31-51(32-27-41)57(47-18-8-2-9-19-47)48-20-10-3-11-21-48)36-45(38-46)42-28-33-52(34-29-42)58(49-22-12-4-13-23-49)50-24-14-5-15-25-50/h1-39H. The molecule has 9 aromatic carbocycles. The molecule has 10 rings (SSSR count). The summed E-state index contributed by atoms with van der Waals surface area (Å²) in [5, 5.41) is 0. The van der Waals surface area contributed by atoms with Crippen molar-refractivity contribution in [3.63, 3.8) is 0 Å². The van der Waals surface area contributed by atoms with E-state index < -0.39 is 0 Å².